The van der Waals surface area contributed by atoms with E-state index >= 15 is 0 Å². The number of nitrogens with two attached hydrogens (primary N) is 1. The largest absolute Gasteiger partial charge is 0.493 e. The van der Waals surface area contributed by atoms with Crippen molar-refractivity contribution in [1.82, 2.24) is 0 Å². The van der Waals surface area contributed by atoms with Gasteiger partial charge in [0.1, 0.15) is 0 Å². The van der Waals surface area contributed by atoms with E-state index in [-0.39, 0.29) is 23.8 Å². The Labute approximate surface area is 90.7 Å². The number of ether oxygens (including phenoxy) is 1. The number of hydrogen-bond donors (Lipinski definition) is 1. The summed E-state index contributed by atoms with van der Waals surface area (Å²) in [5.74, 6) is 2.44. The zero-order valence-electron chi connectivity index (χ0n) is 8.02. The van der Waals surface area contributed by atoms with Crippen LogP contribution >= 0.6 is 11.6 Å². The Hall–Kier alpha value is -0.910. The van der Waals surface area contributed by atoms with Crippen LogP contribution in [0.1, 0.15) is 5.56 Å². The molecule has 0 radical (unpaired) electrons. The van der Waals surface area contributed by atoms with E-state index in [1.807, 2.05) is 0 Å². The Morgan fingerprint density at radius 1 is 1.40 bits per heavy atom. The molecule has 0 saturated heterocycles. The predicted octanol–water partition coefficient (Wildman–Crippen LogP) is 2.06. The molecule has 1 aromatic rings. The molecule has 0 aromatic heterocycles. The number of methoxy groups -OCH3 is 1. The van der Waals surface area contributed by atoms with Crippen LogP contribution in [0.2, 0.25) is 5.02 Å². The smallest absolute Gasteiger partial charge is 0.202 e. The molecule has 6 heteroatoms. The highest BCUT2D eigenvalue weighted by atomic mass is 35.5. The molecule has 0 spiro atoms. The SMILES string of the molecule is COc1c(CCON)cc(Cl)c(F)c1F. The lowest BCUT2D eigenvalue weighted by Crippen LogP contribution is -2.06. The number of hydrogen-bond acceptors (Lipinski definition) is 3. The first-order chi connectivity index (χ1) is 7.11. The first-order valence-corrected chi connectivity index (χ1v) is 4.51. The first-order valence-electron chi connectivity index (χ1n) is 4.13. The molecule has 84 valence electrons. The van der Waals surface area contributed by atoms with E-state index in [1.165, 1.54) is 13.2 Å². The molecule has 0 fully saturated rings. The summed E-state index contributed by atoms with van der Waals surface area (Å²) >= 11 is 5.48. The molecular formula is C9H10ClF2NO2. The highest BCUT2D eigenvalue weighted by molar-refractivity contribution is 6.30. The minimum atomic E-state index is -1.12. The van der Waals surface area contributed by atoms with Crippen LogP contribution in [-0.4, -0.2) is 13.7 Å². The van der Waals surface area contributed by atoms with Crippen LogP contribution in [0.25, 0.3) is 0 Å². The zero-order chi connectivity index (χ0) is 11.4. The first kappa shape index (κ1) is 12.2. The van der Waals surface area contributed by atoms with Crippen LogP contribution < -0.4 is 10.6 Å². The fourth-order valence-electron chi connectivity index (χ4n) is 1.20. The third-order valence-electron chi connectivity index (χ3n) is 1.89. The van der Waals surface area contributed by atoms with Gasteiger partial charge in [-0.25, -0.2) is 10.3 Å². The van der Waals surface area contributed by atoms with Crippen molar-refractivity contribution >= 4 is 11.6 Å². The van der Waals surface area contributed by atoms with Gasteiger partial charge in [0.15, 0.2) is 11.6 Å². The molecule has 15 heavy (non-hydrogen) atoms. The molecule has 0 atom stereocenters. The highest BCUT2D eigenvalue weighted by Gasteiger charge is 2.17. The summed E-state index contributed by atoms with van der Waals surface area (Å²) in [6, 6.07) is 1.29. The van der Waals surface area contributed by atoms with Gasteiger partial charge in [-0.15, -0.1) is 0 Å². The standard InChI is InChI=1S/C9H10ClF2NO2/c1-14-9-5(2-3-15-13)4-6(10)7(11)8(9)12/h4H,2-3,13H2,1H3. The molecule has 0 heterocycles. The molecule has 2 N–H and O–H groups in total. The third kappa shape index (κ3) is 2.56. The Morgan fingerprint density at radius 2 is 2.07 bits per heavy atom. The normalized spacial score (nSPS) is 10.5. The summed E-state index contributed by atoms with van der Waals surface area (Å²) in [6.45, 7) is 0.164. The second-order valence-electron chi connectivity index (χ2n) is 2.80. The molecule has 0 saturated carbocycles. The molecule has 0 amide bonds. The Bertz CT molecular complexity index is 360. The van der Waals surface area contributed by atoms with Crippen molar-refractivity contribution in [3.05, 3.63) is 28.3 Å². The van der Waals surface area contributed by atoms with Crippen LogP contribution in [0.4, 0.5) is 8.78 Å². The molecule has 0 unspecified atom stereocenters. The lowest BCUT2D eigenvalue weighted by molar-refractivity contribution is 0.140. The molecule has 3 nitrogen and oxygen atoms in total. The van der Waals surface area contributed by atoms with E-state index in [4.69, 9.17) is 22.2 Å². The zero-order valence-corrected chi connectivity index (χ0v) is 8.78. The van der Waals surface area contributed by atoms with Crippen molar-refractivity contribution in [1.29, 1.82) is 0 Å². The second-order valence-corrected chi connectivity index (χ2v) is 3.21. The Kier molecular flexibility index (Phi) is 4.26. The van der Waals surface area contributed by atoms with Gasteiger partial charge in [0.25, 0.3) is 0 Å². The summed E-state index contributed by atoms with van der Waals surface area (Å²) < 4.78 is 31.1. The van der Waals surface area contributed by atoms with Crippen molar-refractivity contribution < 1.29 is 18.4 Å². The summed E-state index contributed by atoms with van der Waals surface area (Å²) in [4.78, 5) is 4.34. The van der Waals surface area contributed by atoms with Crippen LogP contribution in [0.3, 0.4) is 0 Å². The summed E-state index contributed by atoms with van der Waals surface area (Å²) in [5, 5.41) is -0.291. The maximum Gasteiger partial charge on any atom is 0.202 e. The van der Waals surface area contributed by atoms with Gasteiger partial charge in [-0.2, -0.15) is 4.39 Å². The van der Waals surface area contributed by atoms with Gasteiger partial charge < -0.3 is 9.57 Å². The summed E-state index contributed by atoms with van der Waals surface area (Å²) in [5.41, 5.74) is 0.409. The second kappa shape index (κ2) is 5.25. The molecule has 0 aliphatic heterocycles. The summed E-state index contributed by atoms with van der Waals surface area (Å²) in [6.07, 6.45) is 0.288. The van der Waals surface area contributed by atoms with Crippen LogP contribution in [0, 0.1) is 11.6 Å². The average Bonchev–Trinajstić information content (AvgIpc) is 2.23. The van der Waals surface area contributed by atoms with Gasteiger partial charge in [0, 0.05) is 12.0 Å². The maximum absolute atomic E-state index is 13.3. The molecule has 1 rings (SSSR count). The molecule has 0 aliphatic rings. The maximum atomic E-state index is 13.3. The number of rotatable bonds is 4. The number of halogens is 3. The van der Waals surface area contributed by atoms with E-state index in [9.17, 15) is 8.78 Å². The predicted molar refractivity (Wildman–Crippen MR) is 51.8 cm³/mol. The lowest BCUT2D eigenvalue weighted by atomic mass is 10.1. The quantitative estimate of drug-likeness (QED) is 0.644. The van der Waals surface area contributed by atoms with Crippen molar-refractivity contribution in [2.45, 2.75) is 6.42 Å². The summed E-state index contributed by atoms with van der Waals surface area (Å²) in [7, 11) is 1.25. The van der Waals surface area contributed by atoms with Crippen molar-refractivity contribution in [3.63, 3.8) is 0 Å². The highest BCUT2D eigenvalue weighted by Crippen LogP contribution is 2.30. The van der Waals surface area contributed by atoms with E-state index in [0.29, 0.717) is 5.56 Å². The lowest BCUT2D eigenvalue weighted by Gasteiger charge is -2.10. The van der Waals surface area contributed by atoms with Crippen molar-refractivity contribution in [2.24, 2.45) is 5.90 Å². The van der Waals surface area contributed by atoms with E-state index in [0.717, 1.165) is 0 Å². The third-order valence-corrected chi connectivity index (χ3v) is 2.16. The van der Waals surface area contributed by atoms with Gasteiger partial charge in [0.05, 0.1) is 18.7 Å². The fourth-order valence-corrected chi connectivity index (χ4v) is 1.42. The minimum Gasteiger partial charge on any atom is -0.493 e. The van der Waals surface area contributed by atoms with Crippen molar-refractivity contribution in [3.8, 4) is 5.75 Å². The molecule has 0 bridgehead atoms. The van der Waals surface area contributed by atoms with E-state index < -0.39 is 11.6 Å². The van der Waals surface area contributed by atoms with Gasteiger partial charge in [-0.1, -0.05) is 11.6 Å². The Morgan fingerprint density at radius 3 is 2.60 bits per heavy atom. The fraction of sp³-hybridized carbons (Fsp3) is 0.333. The minimum absolute atomic E-state index is 0.164. The molecule has 1 aromatic carbocycles. The van der Waals surface area contributed by atoms with Gasteiger partial charge in [0.2, 0.25) is 5.82 Å². The van der Waals surface area contributed by atoms with E-state index in [2.05, 4.69) is 4.84 Å². The topological polar surface area (TPSA) is 44.5 Å². The number of benzene rings is 1. The van der Waals surface area contributed by atoms with E-state index in [1.54, 1.807) is 0 Å². The van der Waals surface area contributed by atoms with Crippen LogP contribution in [-0.2, 0) is 11.3 Å². The van der Waals surface area contributed by atoms with Gasteiger partial charge >= 0.3 is 0 Å². The Balaban J connectivity index is 3.13. The molecular weight excluding hydrogens is 228 g/mol. The van der Waals surface area contributed by atoms with Crippen LogP contribution in [0.15, 0.2) is 6.07 Å². The van der Waals surface area contributed by atoms with Crippen LogP contribution in [0.5, 0.6) is 5.75 Å². The van der Waals surface area contributed by atoms with Gasteiger partial charge in [-0.05, 0) is 6.07 Å². The monoisotopic (exact) mass is 237 g/mol. The molecule has 0 aliphatic carbocycles. The van der Waals surface area contributed by atoms with Gasteiger partial charge in [-0.3, -0.25) is 0 Å². The van der Waals surface area contributed by atoms with Crippen molar-refractivity contribution in [2.75, 3.05) is 13.7 Å². The average molecular weight is 238 g/mol.